The lowest BCUT2D eigenvalue weighted by molar-refractivity contribution is 0.0916. The molecule has 1 atom stereocenters. The Labute approximate surface area is 139 Å². The number of ether oxygens (including phenoxy) is 2. The van der Waals surface area contributed by atoms with E-state index in [4.69, 9.17) is 9.47 Å². The molecule has 0 bridgehead atoms. The topological polar surface area (TPSA) is 85.7 Å². The van der Waals surface area contributed by atoms with Crippen LogP contribution >= 0.6 is 0 Å². The van der Waals surface area contributed by atoms with Crippen LogP contribution in [0, 0.1) is 0 Å². The lowest BCUT2D eigenvalue weighted by Gasteiger charge is -2.12. The van der Waals surface area contributed by atoms with E-state index in [2.05, 4.69) is 10.4 Å². The maximum Gasteiger partial charge on any atom is 0.416 e. The molecular formula is C16H18N4O4. The van der Waals surface area contributed by atoms with E-state index in [1.54, 1.807) is 55.4 Å². The molecule has 1 aromatic carbocycles. The number of nitrogens with one attached hydrogen (secondary N) is 1. The van der Waals surface area contributed by atoms with Crippen molar-refractivity contribution in [1.82, 2.24) is 15.1 Å². The second kappa shape index (κ2) is 6.61. The van der Waals surface area contributed by atoms with E-state index in [9.17, 15) is 9.59 Å². The van der Waals surface area contributed by atoms with Crippen LogP contribution < -0.4 is 15.0 Å². The van der Waals surface area contributed by atoms with Gasteiger partial charge < -0.3 is 14.8 Å². The van der Waals surface area contributed by atoms with Crippen LogP contribution in [0.15, 0.2) is 36.5 Å². The molecule has 1 saturated heterocycles. The largest absolute Gasteiger partial charge is 0.497 e. The summed E-state index contributed by atoms with van der Waals surface area (Å²) in [4.78, 5) is 25.6. The summed E-state index contributed by atoms with van der Waals surface area (Å²) < 4.78 is 11.9. The number of hydrogen-bond acceptors (Lipinski definition) is 5. The summed E-state index contributed by atoms with van der Waals surface area (Å²) in [6, 6.07) is 8.52. The number of carbonyl (C=O) groups excluding carboxylic acids is 2. The zero-order chi connectivity index (χ0) is 17.1. The van der Waals surface area contributed by atoms with Gasteiger partial charge in [0.2, 0.25) is 0 Å². The summed E-state index contributed by atoms with van der Waals surface area (Å²) in [5.41, 5.74) is 0.517. The number of nitrogens with zero attached hydrogens (tertiary/aromatic N) is 3. The third kappa shape index (κ3) is 3.17. The molecule has 0 saturated carbocycles. The Hall–Kier alpha value is -3.03. The van der Waals surface area contributed by atoms with Crippen molar-refractivity contribution in [2.45, 2.75) is 6.10 Å². The number of amides is 2. The van der Waals surface area contributed by atoms with Crippen molar-refractivity contribution in [3.8, 4) is 5.75 Å². The van der Waals surface area contributed by atoms with Crippen molar-refractivity contribution >= 4 is 17.8 Å². The van der Waals surface area contributed by atoms with Gasteiger partial charge in [-0.05, 0) is 24.3 Å². The lowest BCUT2D eigenvalue weighted by atomic mass is 10.2. The third-order valence-electron chi connectivity index (χ3n) is 3.79. The fourth-order valence-corrected chi connectivity index (χ4v) is 2.50. The fourth-order valence-electron chi connectivity index (χ4n) is 2.50. The molecule has 2 amide bonds. The van der Waals surface area contributed by atoms with Crippen molar-refractivity contribution in [3.05, 3.63) is 42.1 Å². The second-order valence-electron chi connectivity index (χ2n) is 5.37. The summed E-state index contributed by atoms with van der Waals surface area (Å²) >= 11 is 0. The van der Waals surface area contributed by atoms with Crippen molar-refractivity contribution in [2.75, 3.05) is 25.1 Å². The third-order valence-corrected chi connectivity index (χ3v) is 3.79. The van der Waals surface area contributed by atoms with Gasteiger partial charge in [-0.3, -0.25) is 14.4 Å². The number of benzene rings is 1. The van der Waals surface area contributed by atoms with Gasteiger partial charge >= 0.3 is 6.09 Å². The number of hydrogen-bond donors (Lipinski definition) is 1. The number of rotatable bonds is 5. The number of anilines is 1. The summed E-state index contributed by atoms with van der Waals surface area (Å²) in [6.07, 6.45) is 0.762. The minimum atomic E-state index is -0.442. The molecule has 126 valence electrons. The quantitative estimate of drug-likeness (QED) is 0.890. The normalized spacial score (nSPS) is 16.8. The highest BCUT2D eigenvalue weighted by Crippen LogP contribution is 2.20. The Morgan fingerprint density at radius 1 is 1.38 bits per heavy atom. The number of aromatic nitrogens is 2. The van der Waals surface area contributed by atoms with Crippen LogP contribution in [0.1, 0.15) is 10.4 Å². The summed E-state index contributed by atoms with van der Waals surface area (Å²) in [6.45, 7) is 0.603. The molecule has 8 heteroatoms. The van der Waals surface area contributed by atoms with E-state index in [0.717, 1.165) is 0 Å². The zero-order valence-corrected chi connectivity index (χ0v) is 13.4. The minimum absolute atomic E-state index is 0.229. The second-order valence-corrected chi connectivity index (χ2v) is 5.37. The molecule has 3 rings (SSSR count). The van der Waals surface area contributed by atoms with E-state index in [-0.39, 0.29) is 12.5 Å². The van der Waals surface area contributed by atoms with Crippen molar-refractivity contribution in [1.29, 1.82) is 0 Å². The van der Waals surface area contributed by atoms with Gasteiger partial charge in [-0.25, -0.2) is 4.79 Å². The first-order valence-electron chi connectivity index (χ1n) is 7.47. The number of aryl methyl sites for hydroxylation is 1. The Morgan fingerprint density at radius 2 is 2.12 bits per heavy atom. The van der Waals surface area contributed by atoms with E-state index in [1.807, 2.05) is 0 Å². The van der Waals surface area contributed by atoms with Gasteiger partial charge in [0, 0.05) is 18.7 Å². The standard InChI is InChI=1S/C16H18N4O4/c1-19-14(7-8-18-19)20-10-13(24-16(20)22)9-17-15(21)11-3-5-12(23-2)6-4-11/h3-8,13H,9-10H2,1-2H3,(H,17,21). The van der Waals surface area contributed by atoms with Crippen molar-refractivity contribution in [2.24, 2.45) is 7.05 Å². The van der Waals surface area contributed by atoms with Gasteiger partial charge in [-0.1, -0.05) is 0 Å². The summed E-state index contributed by atoms with van der Waals surface area (Å²) in [5.74, 6) is 1.11. The predicted molar refractivity (Wildman–Crippen MR) is 86.2 cm³/mol. The molecule has 1 N–H and O–H groups in total. The first-order valence-corrected chi connectivity index (χ1v) is 7.47. The fraction of sp³-hybridized carbons (Fsp3) is 0.312. The highest BCUT2D eigenvalue weighted by atomic mass is 16.6. The smallest absolute Gasteiger partial charge is 0.416 e. The van der Waals surface area contributed by atoms with Crippen LogP contribution in [0.5, 0.6) is 5.75 Å². The molecule has 0 spiro atoms. The lowest BCUT2D eigenvalue weighted by Crippen LogP contribution is -2.34. The molecule has 0 radical (unpaired) electrons. The Balaban J connectivity index is 1.56. The van der Waals surface area contributed by atoms with Gasteiger partial charge in [-0.15, -0.1) is 0 Å². The van der Waals surface area contributed by atoms with E-state index < -0.39 is 12.2 Å². The van der Waals surface area contributed by atoms with Gasteiger partial charge in [0.05, 0.1) is 26.4 Å². The molecule has 8 nitrogen and oxygen atoms in total. The summed E-state index contributed by atoms with van der Waals surface area (Å²) in [5, 5.41) is 6.81. The molecule has 1 unspecified atom stereocenters. The summed E-state index contributed by atoms with van der Waals surface area (Å²) in [7, 11) is 3.32. The van der Waals surface area contributed by atoms with Crippen molar-refractivity contribution < 1.29 is 19.1 Å². The van der Waals surface area contributed by atoms with Gasteiger partial charge in [0.15, 0.2) is 0 Å². The Kier molecular flexibility index (Phi) is 4.37. The van der Waals surface area contributed by atoms with Crippen LogP contribution in [0.25, 0.3) is 0 Å². The van der Waals surface area contributed by atoms with Crippen molar-refractivity contribution in [3.63, 3.8) is 0 Å². The van der Waals surface area contributed by atoms with E-state index >= 15 is 0 Å². The first-order chi connectivity index (χ1) is 11.6. The molecule has 1 aliphatic rings. The molecular weight excluding hydrogens is 312 g/mol. The zero-order valence-electron chi connectivity index (χ0n) is 13.4. The average Bonchev–Trinajstić information content (AvgIpc) is 3.17. The molecule has 24 heavy (non-hydrogen) atoms. The highest BCUT2D eigenvalue weighted by molar-refractivity contribution is 5.94. The van der Waals surface area contributed by atoms with Crippen LogP contribution in [0.2, 0.25) is 0 Å². The maximum absolute atomic E-state index is 12.1. The average molecular weight is 330 g/mol. The molecule has 1 fully saturated rings. The molecule has 2 heterocycles. The molecule has 1 aliphatic heterocycles. The maximum atomic E-state index is 12.1. The van der Waals surface area contributed by atoms with Crippen LogP contribution in [0.4, 0.5) is 10.6 Å². The monoisotopic (exact) mass is 330 g/mol. The van der Waals surface area contributed by atoms with Gasteiger partial charge in [0.25, 0.3) is 5.91 Å². The van der Waals surface area contributed by atoms with Gasteiger partial charge in [-0.2, -0.15) is 5.10 Å². The Bertz CT molecular complexity index is 741. The van der Waals surface area contributed by atoms with Crippen LogP contribution in [-0.2, 0) is 11.8 Å². The first kappa shape index (κ1) is 15.9. The van der Waals surface area contributed by atoms with Crippen LogP contribution in [0.3, 0.4) is 0 Å². The minimum Gasteiger partial charge on any atom is -0.497 e. The molecule has 0 aliphatic carbocycles. The Morgan fingerprint density at radius 3 is 2.75 bits per heavy atom. The van der Waals surface area contributed by atoms with E-state index in [1.165, 1.54) is 4.90 Å². The van der Waals surface area contributed by atoms with Gasteiger partial charge in [0.1, 0.15) is 17.7 Å². The number of carbonyl (C=O) groups is 2. The van der Waals surface area contributed by atoms with E-state index in [0.29, 0.717) is 23.7 Å². The predicted octanol–water partition coefficient (Wildman–Crippen LogP) is 1.18. The molecule has 2 aromatic rings. The SMILES string of the molecule is COc1ccc(C(=O)NCC2CN(c3ccnn3C)C(=O)O2)cc1. The number of methoxy groups -OCH3 is 1. The van der Waals surface area contributed by atoms with Crippen LogP contribution in [-0.4, -0.2) is 48.1 Å². The highest BCUT2D eigenvalue weighted by Gasteiger charge is 2.33. The molecule has 1 aromatic heterocycles. The number of cyclic esters (lactones) is 1.